The first-order chi connectivity index (χ1) is 13.7. The molecule has 0 saturated heterocycles. The van der Waals surface area contributed by atoms with Crippen molar-refractivity contribution in [2.75, 3.05) is 6.54 Å². The number of halogens is 1. The molecule has 0 saturated carbocycles. The van der Waals surface area contributed by atoms with E-state index >= 15 is 0 Å². The van der Waals surface area contributed by atoms with E-state index in [9.17, 15) is 18.0 Å². The zero-order chi connectivity index (χ0) is 21.2. The van der Waals surface area contributed by atoms with Gasteiger partial charge in [0.25, 0.3) is 0 Å². The van der Waals surface area contributed by atoms with Gasteiger partial charge in [0.15, 0.2) is 22.9 Å². The summed E-state index contributed by atoms with van der Waals surface area (Å²) >= 11 is 5.86. The molecule has 1 heterocycles. The van der Waals surface area contributed by atoms with Gasteiger partial charge in [-0.15, -0.1) is 0 Å². The van der Waals surface area contributed by atoms with E-state index in [1.165, 1.54) is 25.1 Å². The monoisotopic (exact) mass is 437 g/mol. The largest absolute Gasteiger partial charge is 0.485 e. The van der Waals surface area contributed by atoms with E-state index in [0.717, 1.165) is 5.56 Å². The summed E-state index contributed by atoms with van der Waals surface area (Å²) in [4.78, 5) is 22.2. The van der Waals surface area contributed by atoms with Crippen LogP contribution in [0.2, 0.25) is 5.02 Å². The van der Waals surface area contributed by atoms with E-state index in [-0.39, 0.29) is 34.0 Å². The van der Waals surface area contributed by atoms with Crippen LogP contribution in [-0.2, 0) is 21.4 Å². The predicted molar refractivity (Wildman–Crippen MR) is 105 cm³/mol. The molecule has 2 aromatic carbocycles. The molecule has 0 radical (unpaired) electrons. The summed E-state index contributed by atoms with van der Waals surface area (Å²) in [6, 6.07) is 10.9. The highest BCUT2D eigenvalue weighted by atomic mass is 35.5. The lowest BCUT2D eigenvalue weighted by Gasteiger charge is -2.10. The van der Waals surface area contributed by atoms with Gasteiger partial charge in [0.2, 0.25) is 10.0 Å². The fourth-order valence-electron chi connectivity index (χ4n) is 2.57. The Hall–Kier alpha value is -2.88. The van der Waals surface area contributed by atoms with Crippen molar-refractivity contribution in [3.8, 4) is 5.75 Å². The molecule has 0 aliphatic rings. The number of aliphatic carboxylic acids is 1. The Morgan fingerprint density at radius 1 is 1.17 bits per heavy atom. The summed E-state index contributed by atoms with van der Waals surface area (Å²) in [6.45, 7) is 0.657. The lowest BCUT2D eigenvalue weighted by atomic mass is 10.2. The molecule has 29 heavy (non-hydrogen) atoms. The SMILES string of the molecule is CC(=O)c1cc2c(S(=O)(=O)NCC(=O)O)ccc(OCc3ccc(Cl)cc3)c2o1. The third kappa shape index (κ3) is 4.76. The van der Waals surface area contributed by atoms with Crippen molar-refractivity contribution in [1.29, 1.82) is 0 Å². The zero-order valence-electron chi connectivity index (χ0n) is 15.1. The molecule has 3 aromatic rings. The maximum Gasteiger partial charge on any atom is 0.318 e. The quantitative estimate of drug-likeness (QED) is 0.518. The highest BCUT2D eigenvalue weighted by Gasteiger charge is 2.24. The van der Waals surface area contributed by atoms with Gasteiger partial charge in [-0.1, -0.05) is 23.7 Å². The topological polar surface area (TPSA) is 123 Å². The van der Waals surface area contributed by atoms with Crippen LogP contribution in [0.25, 0.3) is 11.0 Å². The molecule has 3 rings (SSSR count). The Bertz CT molecular complexity index is 1180. The second-order valence-electron chi connectivity index (χ2n) is 6.10. The van der Waals surface area contributed by atoms with Gasteiger partial charge in [0, 0.05) is 17.3 Å². The molecular weight excluding hydrogens is 422 g/mol. The summed E-state index contributed by atoms with van der Waals surface area (Å²) in [6.07, 6.45) is 0. The summed E-state index contributed by atoms with van der Waals surface area (Å²) in [5.41, 5.74) is 0.892. The summed E-state index contributed by atoms with van der Waals surface area (Å²) in [5.74, 6) is -1.53. The van der Waals surface area contributed by atoms with Crippen molar-refractivity contribution in [3.05, 3.63) is 58.8 Å². The maximum atomic E-state index is 12.5. The molecule has 0 aliphatic heterocycles. The average molecular weight is 438 g/mol. The van der Waals surface area contributed by atoms with Crippen LogP contribution in [0.15, 0.2) is 51.8 Å². The van der Waals surface area contributed by atoms with Crippen molar-refractivity contribution in [2.45, 2.75) is 18.4 Å². The second kappa shape index (κ2) is 8.24. The minimum atomic E-state index is -4.16. The van der Waals surface area contributed by atoms with Crippen molar-refractivity contribution in [1.82, 2.24) is 4.72 Å². The number of hydrogen-bond donors (Lipinski definition) is 2. The van der Waals surface area contributed by atoms with Gasteiger partial charge in [-0.25, -0.2) is 8.42 Å². The van der Waals surface area contributed by atoms with Crippen LogP contribution in [0.5, 0.6) is 5.75 Å². The number of furan rings is 1. The fraction of sp³-hybridized carbons (Fsp3) is 0.158. The molecule has 0 aliphatic carbocycles. The van der Waals surface area contributed by atoms with Gasteiger partial charge in [-0.05, 0) is 35.9 Å². The van der Waals surface area contributed by atoms with E-state index in [4.69, 9.17) is 25.9 Å². The van der Waals surface area contributed by atoms with Gasteiger partial charge in [-0.2, -0.15) is 4.72 Å². The number of nitrogens with one attached hydrogen (secondary N) is 1. The molecule has 1 aromatic heterocycles. The molecule has 0 fully saturated rings. The highest BCUT2D eigenvalue weighted by Crippen LogP contribution is 2.34. The molecule has 0 amide bonds. The Kier molecular flexibility index (Phi) is 5.92. The Morgan fingerprint density at radius 3 is 2.48 bits per heavy atom. The van der Waals surface area contributed by atoms with Gasteiger partial charge >= 0.3 is 5.97 Å². The third-order valence-corrected chi connectivity index (χ3v) is 5.68. The van der Waals surface area contributed by atoms with Crippen molar-refractivity contribution in [3.63, 3.8) is 0 Å². The number of carbonyl (C=O) groups is 2. The van der Waals surface area contributed by atoms with Crippen LogP contribution in [0, 0.1) is 0 Å². The van der Waals surface area contributed by atoms with Gasteiger partial charge in [0.05, 0.1) is 4.90 Å². The zero-order valence-corrected chi connectivity index (χ0v) is 16.7. The Morgan fingerprint density at radius 2 is 1.86 bits per heavy atom. The number of sulfonamides is 1. The predicted octanol–water partition coefficient (Wildman–Crippen LogP) is 3.23. The van der Waals surface area contributed by atoms with E-state index in [0.29, 0.717) is 5.02 Å². The number of hydrogen-bond acceptors (Lipinski definition) is 6. The first kappa shape index (κ1) is 20.8. The number of Topliss-reactive ketones (excluding diaryl/α,β-unsaturated/α-hetero) is 1. The number of ether oxygens (including phenoxy) is 1. The molecule has 10 heteroatoms. The Labute approximate surface area is 171 Å². The van der Waals surface area contributed by atoms with Gasteiger partial charge < -0.3 is 14.3 Å². The molecule has 2 N–H and O–H groups in total. The Balaban J connectivity index is 2.00. The normalized spacial score (nSPS) is 11.5. The van der Waals surface area contributed by atoms with E-state index in [1.807, 2.05) is 4.72 Å². The first-order valence-corrected chi connectivity index (χ1v) is 10.2. The van der Waals surface area contributed by atoms with Crippen molar-refractivity contribution < 1.29 is 32.3 Å². The molecule has 0 unspecified atom stereocenters. The summed E-state index contributed by atoms with van der Waals surface area (Å²) in [5, 5.41) is 9.43. The summed E-state index contributed by atoms with van der Waals surface area (Å²) in [7, 11) is -4.16. The fourth-order valence-corrected chi connectivity index (χ4v) is 3.85. The van der Waals surface area contributed by atoms with Crippen LogP contribution in [0.3, 0.4) is 0 Å². The van der Waals surface area contributed by atoms with E-state index < -0.39 is 28.3 Å². The summed E-state index contributed by atoms with van der Waals surface area (Å²) < 4.78 is 38.2. The minimum Gasteiger partial charge on any atom is -0.485 e. The molecular formula is C19H16ClNO7S. The van der Waals surface area contributed by atoms with Gasteiger partial charge in [-0.3, -0.25) is 9.59 Å². The van der Waals surface area contributed by atoms with Crippen LogP contribution in [0.4, 0.5) is 0 Å². The average Bonchev–Trinajstić information content (AvgIpc) is 3.11. The minimum absolute atomic E-state index is 0.0442. The molecule has 0 spiro atoms. The maximum absolute atomic E-state index is 12.5. The third-order valence-electron chi connectivity index (χ3n) is 3.96. The van der Waals surface area contributed by atoms with E-state index in [1.54, 1.807) is 24.3 Å². The molecule has 0 atom stereocenters. The molecule has 8 nitrogen and oxygen atoms in total. The smallest absolute Gasteiger partial charge is 0.318 e. The molecule has 152 valence electrons. The number of carboxylic acid groups (broad SMARTS) is 1. The van der Waals surface area contributed by atoms with Crippen molar-refractivity contribution >= 4 is 44.3 Å². The number of ketones is 1. The van der Waals surface area contributed by atoms with Crippen LogP contribution < -0.4 is 9.46 Å². The lowest BCUT2D eigenvalue weighted by molar-refractivity contribution is -0.135. The lowest BCUT2D eigenvalue weighted by Crippen LogP contribution is -2.29. The van der Waals surface area contributed by atoms with E-state index in [2.05, 4.69) is 0 Å². The number of benzene rings is 2. The standard InChI is InChI=1S/C19H16ClNO7S/c1-11(22)16-8-14-17(29(25,26)21-9-18(23)24)7-6-15(19(14)28-16)27-10-12-2-4-13(20)5-3-12/h2-8,21H,9-10H2,1H3,(H,23,24). The molecule has 0 bridgehead atoms. The van der Waals surface area contributed by atoms with Crippen LogP contribution in [0.1, 0.15) is 23.0 Å². The number of carboxylic acids is 1. The highest BCUT2D eigenvalue weighted by molar-refractivity contribution is 7.89. The van der Waals surface area contributed by atoms with Crippen LogP contribution >= 0.6 is 11.6 Å². The number of fused-ring (bicyclic) bond motifs is 1. The second-order valence-corrected chi connectivity index (χ2v) is 8.28. The first-order valence-electron chi connectivity index (χ1n) is 8.33. The van der Waals surface area contributed by atoms with Crippen molar-refractivity contribution in [2.24, 2.45) is 0 Å². The van der Waals surface area contributed by atoms with Gasteiger partial charge in [0.1, 0.15) is 13.2 Å². The van der Waals surface area contributed by atoms with Crippen LogP contribution in [-0.4, -0.2) is 31.8 Å². The number of rotatable bonds is 8. The number of carbonyl (C=O) groups excluding carboxylic acids is 1.